The van der Waals surface area contributed by atoms with Crippen molar-refractivity contribution >= 4 is 11.7 Å². The molecule has 7 nitrogen and oxygen atoms in total. The molecule has 2 atom stereocenters. The van der Waals surface area contributed by atoms with Crippen molar-refractivity contribution in [2.75, 3.05) is 11.9 Å². The molecule has 1 saturated carbocycles. The van der Waals surface area contributed by atoms with Crippen molar-refractivity contribution in [3.05, 3.63) is 65.1 Å². The molecule has 31 heavy (non-hydrogen) atoms. The molecule has 1 aliphatic carbocycles. The summed E-state index contributed by atoms with van der Waals surface area (Å²) in [5.74, 6) is 1.52. The summed E-state index contributed by atoms with van der Waals surface area (Å²) in [6.07, 6.45) is 4.56. The van der Waals surface area contributed by atoms with Crippen LogP contribution in [0.5, 0.6) is 0 Å². The van der Waals surface area contributed by atoms with E-state index in [1.807, 2.05) is 39.0 Å². The third-order valence-corrected chi connectivity index (χ3v) is 5.78. The summed E-state index contributed by atoms with van der Waals surface area (Å²) < 4.78 is 1.60. The number of carbonyl (C=O) groups is 1. The number of hydrogen-bond acceptors (Lipinski definition) is 5. The summed E-state index contributed by atoms with van der Waals surface area (Å²) in [6, 6.07) is 14.7. The number of amides is 1. The normalized spacial score (nSPS) is 18.3. The van der Waals surface area contributed by atoms with Crippen LogP contribution < -0.4 is 10.6 Å². The van der Waals surface area contributed by atoms with E-state index in [2.05, 4.69) is 50.0 Å². The third-order valence-electron chi connectivity index (χ3n) is 5.78. The second-order valence-corrected chi connectivity index (χ2v) is 8.45. The maximum absolute atomic E-state index is 12.7. The Morgan fingerprint density at radius 1 is 1.03 bits per heavy atom. The van der Waals surface area contributed by atoms with E-state index in [1.54, 1.807) is 4.68 Å². The van der Waals surface area contributed by atoms with Crippen LogP contribution in [0.4, 0.5) is 5.82 Å². The molecule has 4 rings (SSSR count). The number of aryl methyl sites for hydroxylation is 3. The first-order valence-corrected chi connectivity index (χ1v) is 10.9. The van der Waals surface area contributed by atoms with Crippen LogP contribution in [0.15, 0.2) is 42.5 Å². The van der Waals surface area contributed by atoms with E-state index in [9.17, 15) is 4.79 Å². The fraction of sp³-hybridized carbons (Fsp3) is 0.417. The fourth-order valence-electron chi connectivity index (χ4n) is 4.42. The zero-order valence-corrected chi connectivity index (χ0v) is 18.4. The molecule has 0 spiro atoms. The lowest BCUT2D eigenvalue weighted by Gasteiger charge is -2.21. The van der Waals surface area contributed by atoms with Crippen molar-refractivity contribution in [2.24, 2.45) is 5.92 Å². The summed E-state index contributed by atoms with van der Waals surface area (Å²) in [5, 5.41) is 10.9. The lowest BCUT2D eigenvalue weighted by atomic mass is 9.94. The monoisotopic (exact) mass is 418 g/mol. The molecule has 0 radical (unpaired) electrons. The van der Waals surface area contributed by atoms with E-state index in [4.69, 9.17) is 0 Å². The molecule has 1 aromatic carbocycles. The average molecular weight is 419 g/mol. The highest BCUT2D eigenvalue weighted by atomic mass is 16.2. The Morgan fingerprint density at radius 3 is 2.52 bits per heavy atom. The predicted octanol–water partition coefficient (Wildman–Crippen LogP) is 3.53. The first kappa shape index (κ1) is 21.2. The van der Waals surface area contributed by atoms with Gasteiger partial charge in [0.1, 0.15) is 5.82 Å². The van der Waals surface area contributed by atoms with Gasteiger partial charge in [-0.2, -0.15) is 9.78 Å². The Labute approximate surface area is 183 Å². The lowest BCUT2D eigenvalue weighted by molar-refractivity contribution is -0.115. The van der Waals surface area contributed by atoms with Gasteiger partial charge in [-0.1, -0.05) is 36.8 Å². The summed E-state index contributed by atoms with van der Waals surface area (Å²) in [7, 11) is 0. The zero-order chi connectivity index (χ0) is 21.8. The Bertz CT molecular complexity index is 1030. The first-order chi connectivity index (χ1) is 15.0. The van der Waals surface area contributed by atoms with E-state index in [1.165, 1.54) is 18.4 Å². The van der Waals surface area contributed by atoms with E-state index < -0.39 is 0 Å². The van der Waals surface area contributed by atoms with Gasteiger partial charge in [0.05, 0.1) is 12.2 Å². The predicted molar refractivity (Wildman–Crippen MR) is 121 cm³/mol. The minimum Gasteiger partial charge on any atom is -0.309 e. The van der Waals surface area contributed by atoms with E-state index >= 15 is 0 Å². The van der Waals surface area contributed by atoms with Crippen molar-refractivity contribution in [1.82, 2.24) is 25.1 Å². The lowest BCUT2D eigenvalue weighted by Crippen LogP contribution is -2.39. The summed E-state index contributed by atoms with van der Waals surface area (Å²) in [6.45, 7) is 6.00. The quantitative estimate of drug-likeness (QED) is 0.613. The molecule has 162 valence electrons. The number of carbonyl (C=O) groups excluding carboxylic acids is 1. The number of hydrogen-bond donors (Lipinski definition) is 2. The van der Waals surface area contributed by atoms with Gasteiger partial charge in [0.25, 0.3) is 5.95 Å². The van der Waals surface area contributed by atoms with E-state index in [-0.39, 0.29) is 12.5 Å². The molecule has 1 fully saturated rings. The highest BCUT2D eigenvalue weighted by Crippen LogP contribution is 2.28. The molecular formula is C24H30N6O. The van der Waals surface area contributed by atoms with Gasteiger partial charge in [-0.15, -0.1) is 0 Å². The molecule has 1 amide bonds. The molecule has 1 aliphatic rings. The van der Waals surface area contributed by atoms with Gasteiger partial charge >= 0.3 is 0 Å². The van der Waals surface area contributed by atoms with Crippen molar-refractivity contribution < 1.29 is 4.79 Å². The van der Waals surface area contributed by atoms with Crippen LogP contribution >= 0.6 is 0 Å². The van der Waals surface area contributed by atoms with Gasteiger partial charge in [-0.25, -0.2) is 9.97 Å². The number of nitrogens with one attached hydrogen (secondary N) is 2. The number of rotatable bonds is 7. The van der Waals surface area contributed by atoms with Crippen molar-refractivity contribution in [2.45, 2.75) is 52.5 Å². The zero-order valence-electron chi connectivity index (χ0n) is 18.4. The Balaban J connectivity index is 1.38. The smallest absolute Gasteiger partial charge is 0.252 e. The summed E-state index contributed by atoms with van der Waals surface area (Å²) >= 11 is 0. The van der Waals surface area contributed by atoms with Crippen molar-refractivity contribution in [1.29, 1.82) is 0 Å². The molecular weight excluding hydrogens is 388 g/mol. The summed E-state index contributed by atoms with van der Waals surface area (Å²) in [5.41, 5.74) is 3.88. The first-order valence-electron chi connectivity index (χ1n) is 10.9. The average Bonchev–Trinajstić information content (AvgIpc) is 3.32. The number of anilines is 1. The summed E-state index contributed by atoms with van der Waals surface area (Å²) in [4.78, 5) is 21.6. The highest BCUT2D eigenvalue weighted by molar-refractivity contribution is 5.91. The largest absolute Gasteiger partial charge is 0.309 e. The van der Waals surface area contributed by atoms with Crippen LogP contribution in [0, 0.1) is 26.7 Å². The van der Waals surface area contributed by atoms with Crippen LogP contribution in [0.25, 0.3) is 5.95 Å². The second-order valence-electron chi connectivity index (χ2n) is 8.45. The standard InChI is InChI=1S/C24H30N6O/c1-16-12-17(2)27-24(26-16)30-22(13-18(3)29-30)28-23(31)15-25-21-11-7-10-20(21)14-19-8-5-4-6-9-19/h4-6,8-9,12-13,20-21,25H,7,10-11,14-15H2,1-3H3,(H,28,31)/t20-,21-/m1/s1. The molecule has 2 N–H and O–H groups in total. The van der Waals surface area contributed by atoms with Crippen LogP contribution in [0.1, 0.15) is 41.9 Å². The van der Waals surface area contributed by atoms with Gasteiger partial charge in [-0.05, 0) is 57.6 Å². The Morgan fingerprint density at radius 2 is 1.77 bits per heavy atom. The van der Waals surface area contributed by atoms with Gasteiger partial charge in [0, 0.05) is 23.5 Å². The number of nitrogens with zero attached hydrogens (tertiary/aromatic N) is 4. The number of aromatic nitrogens is 4. The minimum absolute atomic E-state index is 0.0871. The van der Waals surface area contributed by atoms with Crippen molar-refractivity contribution in [3.63, 3.8) is 0 Å². The molecule has 3 aromatic rings. The molecule has 0 aliphatic heterocycles. The Kier molecular flexibility index (Phi) is 6.42. The van der Waals surface area contributed by atoms with Gasteiger partial charge in [0.2, 0.25) is 5.91 Å². The molecule has 7 heteroatoms. The molecule has 0 unspecified atom stereocenters. The fourth-order valence-corrected chi connectivity index (χ4v) is 4.42. The van der Waals surface area contributed by atoms with E-state index in [0.717, 1.165) is 29.9 Å². The SMILES string of the molecule is Cc1cc(C)nc(-n2nc(C)cc2NC(=O)CN[C@@H]2CCC[C@@H]2Cc2ccccc2)n1. The number of benzene rings is 1. The maximum Gasteiger partial charge on any atom is 0.252 e. The maximum atomic E-state index is 12.7. The van der Waals surface area contributed by atoms with Crippen LogP contribution in [0.2, 0.25) is 0 Å². The van der Waals surface area contributed by atoms with Crippen LogP contribution in [-0.4, -0.2) is 38.2 Å². The topological polar surface area (TPSA) is 84.7 Å². The van der Waals surface area contributed by atoms with Gasteiger partial charge in [0.15, 0.2) is 0 Å². The molecule has 2 heterocycles. The van der Waals surface area contributed by atoms with Crippen LogP contribution in [0.3, 0.4) is 0 Å². The van der Waals surface area contributed by atoms with Gasteiger partial charge < -0.3 is 10.6 Å². The van der Waals surface area contributed by atoms with Crippen LogP contribution in [-0.2, 0) is 11.2 Å². The Hall–Kier alpha value is -3.06. The van der Waals surface area contributed by atoms with Crippen molar-refractivity contribution in [3.8, 4) is 5.95 Å². The van der Waals surface area contributed by atoms with Gasteiger partial charge in [-0.3, -0.25) is 4.79 Å². The van der Waals surface area contributed by atoms with E-state index in [0.29, 0.717) is 23.7 Å². The highest BCUT2D eigenvalue weighted by Gasteiger charge is 2.27. The second kappa shape index (κ2) is 9.39. The molecule has 2 aromatic heterocycles. The molecule has 0 saturated heterocycles. The molecule has 0 bridgehead atoms. The minimum atomic E-state index is -0.0871. The third kappa shape index (κ3) is 5.35.